The van der Waals surface area contributed by atoms with E-state index < -0.39 is 15.9 Å². The first-order chi connectivity index (χ1) is 8.93. The molecule has 0 bridgehead atoms. The smallest absolute Gasteiger partial charge is 0.409 e. The summed E-state index contributed by atoms with van der Waals surface area (Å²) < 4.78 is 27.9. The molecule has 2 saturated heterocycles. The molecule has 2 rings (SSSR count). The molecule has 0 aliphatic carbocycles. The molecule has 2 heterocycles. The van der Waals surface area contributed by atoms with Crippen molar-refractivity contribution in [3.8, 4) is 0 Å². The van der Waals surface area contributed by atoms with E-state index in [1.165, 1.54) is 0 Å². The van der Waals surface area contributed by atoms with Gasteiger partial charge in [-0.1, -0.05) is 0 Å². The van der Waals surface area contributed by atoms with Gasteiger partial charge in [0.1, 0.15) is 0 Å². The minimum Gasteiger partial charge on any atom is -0.450 e. The first-order valence-corrected chi connectivity index (χ1v) is 8.29. The highest BCUT2D eigenvalue weighted by Gasteiger charge is 2.41. The summed E-state index contributed by atoms with van der Waals surface area (Å²) in [6.45, 7) is 4.24. The van der Waals surface area contributed by atoms with E-state index in [0.717, 1.165) is 0 Å². The fourth-order valence-electron chi connectivity index (χ4n) is 2.61. The Morgan fingerprint density at radius 3 is 2.37 bits per heavy atom. The second kappa shape index (κ2) is 5.64. The van der Waals surface area contributed by atoms with E-state index in [1.807, 2.05) is 4.90 Å². The number of amides is 1. The Bertz CT molecular complexity index is 430. The molecule has 0 aromatic rings. The third kappa shape index (κ3) is 3.37. The Hall–Kier alpha value is -0.860. The second-order valence-corrected chi connectivity index (χ2v) is 7.09. The average molecular weight is 292 g/mol. The van der Waals surface area contributed by atoms with Crippen molar-refractivity contribution in [1.29, 1.82) is 0 Å². The van der Waals surface area contributed by atoms with Crippen LogP contribution in [0, 0.1) is 0 Å². The lowest BCUT2D eigenvalue weighted by molar-refractivity contribution is 0.0376. The lowest BCUT2D eigenvalue weighted by Gasteiger charge is -2.37. The molecule has 19 heavy (non-hydrogen) atoms. The Balaban J connectivity index is 1.88. The third-order valence-corrected chi connectivity index (χ3v) is 5.30. The van der Waals surface area contributed by atoms with Gasteiger partial charge in [0.15, 0.2) is 9.84 Å². The summed E-state index contributed by atoms with van der Waals surface area (Å²) in [5.41, 5.74) is 0. The van der Waals surface area contributed by atoms with Gasteiger partial charge in [0, 0.05) is 26.2 Å². The number of rotatable bonds is 2. The fraction of sp³-hybridized carbons (Fsp3) is 0.909. The number of ether oxygens (including phenoxy) is 1. The van der Waals surface area contributed by atoms with Crippen molar-refractivity contribution >= 4 is 15.9 Å². The fourth-order valence-corrected chi connectivity index (χ4v) is 4.44. The highest BCUT2D eigenvalue weighted by atomic mass is 32.2. The van der Waals surface area contributed by atoms with Crippen molar-refractivity contribution in [2.24, 2.45) is 0 Å². The largest absolute Gasteiger partial charge is 0.450 e. The van der Waals surface area contributed by atoms with Crippen LogP contribution in [0.1, 0.15) is 6.92 Å². The number of carbonyl (C=O) groups excluding carboxylic acids is 1. The zero-order chi connectivity index (χ0) is 14.0. The Morgan fingerprint density at radius 1 is 1.26 bits per heavy atom. The molecule has 1 amide bonds. The zero-order valence-corrected chi connectivity index (χ0v) is 11.8. The predicted molar refractivity (Wildman–Crippen MR) is 68.6 cm³/mol. The van der Waals surface area contributed by atoms with E-state index in [2.05, 4.69) is 0 Å². The predicted octanol–water partition coefficient (Wildman–Crippen LogP) is -1.08. The van der Waals surface area contributed by atoms with Crippen molar-refractivity contribution in [1.82, 2.24) is 9.80 Å². The second-order valence-electron chi connectivity index (χ2n) is 4.93. The van der Waals surface area contributed by atoms with Gasteiger partial charge in [0.25, 0.3) is 0 Å². The number of hydrogen-bond acceptors (Lipinski definition) is 6. The molecular weight excluding hydrogens is 272 g/mol. The van der Waals surface area contributed by atoms with Gasteiger partial charge in [-0.05, 0) is 6.92 Å². The van der Waals surface area contributed by atoms with Gasteiger partial charge in [0.2, 0.25) is 0 Å². The Kier molecular flexibility index (Phi) is 4.32. The molecule has 2 fully saturated rings. The maximum atomic E-state index is 11.5. The normalized spacial score (nSPS) is 31.4. The zero-order valence-electron chi connectivity index (χ0n) is 11.0. The molecule has 0 radical (unpaired) electrons. The van der Waals surface area contributed by atoms with Crippen molar-refractivity contribution < 1.29 is 23.1 Å². The summed E-state index contributed by atoms with van der Waals surface area (Å²) in [6, 6.07) is -0.339. The van der Waals surface area contributed by atoms with Gasteiger partial charge in [-0.2, -0.15) is 0 Å². The number of piperazine rings is 1. The maximum Gasteiger partial charge on any atom is 0.409 e. The molecule has 0 spiro atoms. The van der Waals surface area contributed by atoms with Crippen LogP contribution < -0.4 is 0 Å². The van der Waals surface area contributed by atoms with Gasteiger partial charge in [-0.25, -0.2) is 13.2 Å². The van der Waals surface area contributed by atoms with E-state index in [9.17, 15) is 18.3 Å². The number of hydrogen-bond donors (Lipinski definition) is 1. The summed E-state index contributed by atoms with van der Waals surface area (Å²) >= 11 is 0. The molecule has 8 heteroatoms. The molecule has 1 N–H and O–H groups in total. The van der Waals surface area contributed by atoms with E-state index >= 15 is 0 Å². The van der Waals surface area contributed by atoms with Gasteiger partial charge in [-0.3, -0.25) is 4.90 Å². The third-order valence-electron chi connectivity index (χ3n) is 3.60. The topological polar surface area (TPSA) is 87.2 Å². The Labute approximate surface area is 113 Å². The highest BCUT2D eigenvalue weighted by molar-refractivity contribution is 7.91. The average Bonchev–Trinajstić information content (AvgIpc) is 2.63. The summed E-state index contributed by atoms with van der Waals surface area (Å²) in [6.07, 6.45) is -1.15. The van der Waals surface area contributed by atoms with Crippen LogP contribution in [0.5, 0.6) is 0 Å². The van der Waals surface area contributed by atoms with Crippen LogP contribution in [-0.4, -0.2) is 85.9 Å². The van der Waals surface area contributed by atoms with Crippen LogP contribution in [0.15, 0.2) is 0 Å². The van der Waals surface area contributed by atoms with E-state index in [1.54, 1.807) is 11.8 Å². The van der Waals surface area contributed by atoms with Crippen LogP contribution in [0.2, 0.25) is 0 Å². The molecule has 0 saturated carbocycles. The van der Waals surface area contributed by atoms with Gasteiger partial charge >= 0.3 is 6.09 Å². The molecular formula is C11H20N2O5S. The van der Waals surface area contributed by atoms with Crippen LogP contribution in [0.25, 0.3) is 0 Å². The van der Waals surface area contributed by atoms with Gasteiger partial charge < -0.3 is 14.7 Å². The monoisotopic (exact) mass is 292 g/mol. The van der Waals surface area contributed by atoms with E-state index in [0.29, 0.717) is 32.8 Å². The molecule has 2 atom stereocenters. The van der Waals surface area contributed by atoms with Crippen molar-refractivity contribution in [3.63, 3.8) is 0 Å². The number of carbonyl (C=O) groups is 1. The van der Waals surface area contributed by atoms with Crippen molar-refractivity contribution in [3.05, 3.63) is 0 Å². The molecule has 110 valence electrons. The molecule has 0 aromatic carbocycles. The number of aliphatic hydroxyl groups excluding tert-OH is 1. The summed E-state index contributed by atoms with van der Waals surface area (Å²) in [4.78, 5) is 15.1. The van der Waals surface area contributed by atoms with E-state index in [4.69, 9.17) is 4.74 Å². The van der Waals surface area contributed by atoms with Crippen LogP contribution in [-0.2, 0) is 14.6 Å². The maximum absolute atomic E-state index is 11.5. The van der Waals surface area contributed by atoms with Gasteiger partial charge in [0.05, 0.1) is 30.3 Å². The SMILES string of the molecule is CCOC(=O)N1CCN([C@H]2CS(=O)(=O)C[C@H]2O)CC1. The molecule has 2 aliphatic rings. The number of sulfone groups is 1. The molecule has 2 aliphatic heterocycles. The summed E-state index contributed by atoms with van der Waals surface area (Å²) in [7, 11) is -3.13. The number of nitrogens with zero attached hydrogens (tertiary/aromatic N) is 2. The molecule has 0 aromatic heterocycles. The van der Waals surface area contributed by atoms with Crippen LogP contribution in [0.3, 0.4) is 0 Å². The highest BCUT2D eigenvalue weighted by Crippen LogP contribution is 2.20. The van der Waals surface area contributed by atoms with Crippen molar-refractivity contribution in [2.45, 2.75) is 19.1 Å². The lowest BCUT2D eigenvalue weighted by Crippen LogP contribution is -2.54. The summed E-state index contributed by atoms with van der Waals surface area (Å²) in [5.74, 6) is -0.149. The van der Waals surface area contributed by atoms with Crippen LogP contribution >= 0.6 is 0 Å². The quantitative estimate of drug-likeness (QED) is 0.696. The summed E-state index contributed by atoms with van der Waals surface area (Å²) in [5, 5.41) is 9.81. The molecule has 0 unspecified atom stereocenters. The first-order valence-electron chi connectivity index (χ1n) is 6.47. The number of aliphatic hydroxyl groups is 1. The minimum absolute atomic E-state index is 0.00751. The van der Waals surface area contributed by atoms with Gasteiger partial charge in [-0.15, -0.1) is 0 Å². The minimum atomic E-state index is -3.13. The van der Waals surface area contributed by atoms with Crippen LogP contribution in [0.4, 0.5) is 4.79 Å². The Morgan fingerprint density at radius 2 is 1.89 bits per heavy atom. The van der Waals surface area contributed by atoms with Crippen molar-refractivity contribution in [2.75, 3.05) is 44.3 Å². The standard InChI is InChI=1S/C11H20N2O5S/c1-2-18-11(15)13-5-3-12(4-6-13)9-7-19(16,17)8-10(9)14/h9-10,14H,2-8H2,1H3/t9-,10+/m0/s1. The first kappa shape index (κ1) is 14.5. The van der Waals surface area contributed by atoms with E-state index in [-0.39, 0.29) is 23.6 Å². The molecule has 7 nitrogen and oxygen atoms in total. The lowest BCUT2D eigenvalue weighted by atomic mass is 10.1.